The van der Waals surface area contributed by atoms with Gasteiger partial charge in [-0.1, -0.05) is 6.42 Å². The molecule has 0 atom stereocenters. The topological polar surface area (TPSA) is 88.2 Å². The normalized spacial score (nSPS) is 20.9. The van der Waals surface area contributed by atoms with Gasteiger partial charge in [-0.25, -0.2) is 4.99 Å². The van der Waals surface area contributed by atoms with Gasteiger partial charge >= 0.3 is 0 Å². The number of nitrogens with two attached hydrogens (primary N) is 2. The molecule has 0 aliphatic heterocycles. The first-order valence-electron chi connectivity index (χ1n) is 4.21. The Kier molecular flexibility index (Phi) is 2.54. The highest BCUT2D eigenvalue weighted by Gasteiger charge is 2.31. The summed E-state index contributed by atoms with van der Waals surface area (Å²) in [4.78, 5) is 4.00. The summed E-state index contributed by atoms with van der Waals surface area (Å²) < 4.78 is 0. The second-order valence-electron chi connectivity index (χ2n) is 3.24. The van der Waals surface area contributed by atoms with E-state index in [1.807, 2.05) is 0 Å². The number of nitrogens with zero attached hydrogens (tertiary/aromatic N) is 2. The second-order valence-corrected chi connectivity index (χ2v) is 3.24. The van der Waals surface area contributed by atoms with Crippen LogP contribution in [0.25, 0.3) is 0 Å². The summed E-state index contributed by atoms with van der Waals surface area (Å²) in [5, 5.41) is 8.92. The maximum absolute atomic E-state index is 8.92. The van der Waals surface area contributed by atoms with E-state index in [9.17, 15) is 0 Å². The van der Waals surface area contributed by atoms with Crippen LogP contribution in [0.4, 0.5) is 0 Å². The summed E-state index contributed by atoms with van der Waals surface area (Å²) in [6.07, 6.45) is 4.86. The third kappa shape index (κ3) is 1.88. The zero-order chi connectivity index (χ0) is 9.03. The Morgan fingerprint density at radius 3 is 2.25 bits per heavy atom. The van der Waals surface area contributed by atoms with Gasteiger partial charge in [0.05, 0.1) is 6.07 Å². The molecule has 0 bridgehead atoms. The van der Waals surface area contributed by atoms with E-state index >= 15 is 0 Å². The van der Waals surface area contributed by atoms with Crippen molar-refractivity contribution >= 4 is 5.96 Å². The van der Waals surface area contributed by atoms with Crippen LogP contribution in [0.5, 0.6) is 0 Å². The molecule has 1 saturated carbocycles. The van der Waals surface area contributed by atoms with Crippen LogP contribution in [0.15, 0.2) is 4.99 Å². The Morgan fingerprint density at radius 1 is 1.25 bits per heavy atom. The fraction of sp³-hybridized carbons (Fsp3) is 0.750. The van der Waals surface area contributed by atoms with Gasteiger partial charge in [0.15, 0.2) is 11.5 Å². The van der Waals surface area contributed by atoms with E-state index < -0.39 is 5.54 Å². The van der Waals surface area contributed by atoms with Crippen molar-refractivity contribution in [2.45, 2.75) is 37.6 Å². The molecule has 1 aliphatic rings. The average molecular weight is 166 g/mol. The predicted molar refractivity (Wildman–Crippen MR) is 47.2 cm³/mol. The van der Waals surface area contributed by atoms with Crippen molar-refractivity contribution in [3.63, 3.8) is 0 Å². The summed E-state index contributed by atoms with van der Waals surface area (Å²) in [5.74, 6) is 0.0263. The van der Waals surface area contributed by atoms with E-state index in [0.717, 1.165) is 25.7 Å². The Hall–Kier alpha value is -1.24. The molecule has 0 aromatic heterocycles. The fourth-order valence-electron chi connectivity index (χ4n) is 1.63. The molecule has 0 aromatic carbocycles. The van der Waals surface area contributed by atoms with Gasteiger partial charge in [-0.15, -0.1) is 0 Å². The molecular formula is C8H14N4. The lowest BCUT2D eigenvalue weighted by molar-refractivity contribution is 0.369. The number of rotatable bonds is 1. The Morgan fingerprint density at radius 2 is 1.83 bits per heavy atom. The molecule has 66 valence electrons. The molecule has 0 saturated heterocycles. The number of hydrogen-bond donors (Lipinski definition) is 2. The van der Waals surface area contributed by atoms with Gasteiger partial charge in [0.2, 0.25) is 0 Å². The Balaban J connectivity index is 2.75. The smallest absolute Gasteiger partial charge is 0.187 e. The zero-order valence-corrected chi connectivity index (χ0v) is 7.08. The summed E-state index contributed by atoms with van der Waals surface area (Å²) in [6, 6.07) is 2.20. The van der Waals surface area contributed by atoms with E-state index in [0.29, 0.717) is 0 Å². The largest absolute Gasteiger partial charge is 0.370 e. The van der Waals surface area contributed by atoms with Gasteiger partial charge in [-0.3, -0.25) is 0 Å². The van der Waals surface area contributed by atoms with E-state index in [1.165, 1.54) is 6.42 Å². The van der Waals surface area contributed by atoms with Gasteiger partial charge in [0.25, 0.3) is 0 Å². The summed E-state index contributed by atoms with van der Waals surface area (Å²) in [6.45, 7) is 0. The molecule has 1 aliphatic carbocycles. The second kappa shape index (κ2) is 3.44. The first-order chi connectivity index (χ1) is 5.68. The highest BCUT2D eigenvalue weighted by Crippen LogP contribution is 2.30. The SMILES string of the molecule is N#CC1(N=C(N)N)CCCCC1. The standard InChI is InChI=1S/C8H14N4/c9-6-8(12-7(10)11)4-2-1-3-5-8/h1-5H2,(H4,10,11,12). The minimum absolute atomic E-state index is 0.0263. The lowest BCUT2D eigenvalue weighted by Crippen LogP contribution is -2.34. The van der Waals surface area contributed by atoms with Crippen LogP contribution >= 0.6 is 0 Å². The molecule has 1 fully saturated rings. The first kappa shape index (κ1) is 8.85. The molecule has 0 heterocycles. The number of aliphatic imine (C=N–C) groups is 1. The van der Waals surface area contributed by atoms with Gasteiger partial charge in [-0.05, 0) is 25.7 Å². The van der Waals surface area contributed by atoms with Crippen LogP contribution in [-0.4, -0.2) is 11.5 Å². The van der Waals surface area contributed by atoms with Crippen molar-refractivity contribution in [1.82, 2.24) is 0 Å². The maximum atomic E-state index is 8.92. The lowest BCUT2D eigenvalue weighted by atomic mass is 9.83. The van der Waals surface area contributed by atoms with Gasteiger partial charge in [0.1, 0.15) is 0 Å². The molecule has 0 radical (unpaired) electrons. The molecule has 0 spiro atoms. The molecule has 12 heavy (non-hydrogen) atoms. The molecule has 4 nitrogen and oxygen atoms in total. The lowest BCUT2D eigenvalue weighted by Gasteiger charge is -2.26. The minimum Gasteiger partial charge on any atom is -0.370 e. The summed E-state index contributed by atoms with van der Waals surface area (Å²) in [7, 11) is 0. The van der Waals surface area contributed by atoms with E-state index in [-0.39, 0.29) is 5.96 Å². The number of hydrogen-bond acceptors (Lipinski definition) is 2. The average Bonchev–Trinajstić information content (AvgIpc) is 2.05. The first-order valence-corrected chi connectivity index (χ1v) is 4.21. The van der Waals surface area contributed by atoms with Crippen molar-refractivity contribution in [2.75, 3.05) is 0 Å². The van der Waals surface area contributed by atoms with E-state index in [1.54, 1.807) is 0 Å². The van der Waals surface area contributed by atoms with E-state index in [2.05, 4.69) is 11.1 Å². The molecule has 1 rings (SSSR count). The van der Waals surface area contributed by atoms with Crippen LogP contribution in [0.3, 0.4) is 0 Å². The predicted octanol–water partition coefficient (Wildman–Crippen LogP) is 0.486. The minimum atomic E-state index is -0.614. The monoisotopic (exact) mass is 166 g/mol. The van der Waals surface area contributed by atoms with Crippen molar-refractivity contribution in [3.05, 3.63) is 0 Å². The third-order valence-corrected chi connectivity index (χ3v) is 2.23. The zero-order valence-electron chi connectivity index (χ0n) is 7.08. The molecule has 4 heteroatoms. The Bertz CT molecular complexity index is 216. The molecule has 4 N–H and O–H groups in total. The summed E-state index contributed by atoms with van der Waals surface area (Å²) >= 11 is 0. The molecule has 0 unspecified atom stereocenters. The molecule has 0 amide bonds. The van der Waals surface area contributed by atoms with Crippen LogP contribution < -0.4 is 11.5 Å². The van der Waals surface area contributed by atoms with Crippen molar-refractivity contribution in [3.8, 4) is 6.07 Å². The van der Waals surface area contributed by atoms with Crippen LogP contribution in [-0.2, 0) is 0 Å². The summed E-state index contributed by atoms with van der Waals surface area (Å²) in [5.41, 5.74) is 9.91. The number of nitriles is 1. The van der Waals surface area contributed by atoms with Crippen LogP contribution in [0.1, 0.15) is 32.1 Å². The molecule has 0 aromatic rings. The maximum Gasteiger partial charge on any atom is 0.187 e. The van der Waals surface area contributed by atoms with Crippen LogP contribution in [0, 0.1) is 11.3 Å². The van der Waals surface area contributed by atoms with Crippen molar-refractivity contribution in [1.29, 1.82) is 5.26 Å². The fourth-order valence-corrected chi connectivity index (χ4v) is 1.63. The van der Waals surface area contributed by atoms with Crippen molar-refractivity contribution < 1.29 is 0 Å². The third-order valence-electron chi connectivity index (χ3n) is 2.23. The van der Waals surface area contributed by atoms with E-state index in [4.69, 9.17) is 16.7 Å². The quantitative estimate of drug-likeness (QED) is 0.439. The Labute approximate surface area is 72.3 Å². The van der Waals surface area contributed by atoms with Crippen LogP contribution in [0.2, 0.25) is 0 Å². The highest BCUT2D eigenvalue weighted by atomic mass is 15.0. The van der Waals surface area contributed by atoms with Crippen molar-refractivity contribution in [2.24, 2.45) is 16.5 Å². The highest BCUT2D eigenvalue weighted by molar-refractivity contribution is 5.76. The van der Waals surface area contributed by atoms with Gasteiger partial charge < -0.3 is 11.5 Å². The number of guanidine groups is 1. The van der Waals surface area contributed by atoms with Gasteiger partial charge in [0, 0.05) is 0 Å². The van der Waals surface area contributed by atoms with Gasteiger partial charge in [-0.2, -0.15) is 5.26 Å². The molecular weight excluding hydrogens is 152 g/mol.